The number of urea groups is 1. The largest absolute Gasteiger partial charge is 0.481 e. The smallest absolute Gasteiger partial charge is 0.317 e. The molecule has 0 heterocycles. The van der Waals surface area contributed by atoms with E-state index in [-0.39, 0.29) is 12.6 Å². The first-order chi connectivity index (χ1) is 6.99. The average molecular weight is 218 g/mol. The van der Waals surface area contributed by atoms with E-state index in [2.05, 4.69) is 5.32 Å². The molecule has 6 nitrogen and oxygen atoms in total. The average Bonchev–Trinajstić information content (AvgIpc) is 2.21. The topological polar surface area (TPSA) is 78.9 Å². The zero-order valence-electron chi connectivity index (χ0n) is 9.32. The van der Waals surface area contributed by atoms with Gasteiger partial charge in [-0.15, -0.1) is 0 Å². The van der Waals surface area contributed by atoms with Crippen LogP contribution in [0.5, 0.6) is 0 Å². The number of likely N-dealkylation sites (N-methyl/N-ethyl adjacent to an activating group) is 1. The van der Waals surface area contributed by atoms with Crippen molar-refractivity contribution in [2.24, 2.45) is 5.92 Å². The minimum Gasteiger partial charge on any atom is -0.481 e. The van der Waals surface area contributed by atoms with Gasteiger partial charge in [0.1, 0.15) is 0 Å². The molecular formula is C9H18N2O4. The van der Waals surface area contributed by atoms with E-state index in [0.717, 1.165) is 0 Å². The predicted octanol–water partition coefficient (Wildman–Crippen LogP) is -0.00510. The molecule has 1 unspecified atom stereocenters. The second-order valence-corrected chi connectivity index (χ2v) is 3.34. The molecule has 0 rings (SSSR count). The van der Waals surface area contributed by atoms with Crippen LogP contribution in [0.2, 0.25) is 0 Å². The summed E-state index contributed by atoms with van der Waals surface area (Å²) >= 11 is 0. The number of carboxylic acid groups (broad SMARTS) is 1. The molecule has 2 N–H and O–H groups in total. The highest BCUT2D eigenvalue weighted by atomic mass is 16.5. The molecule has 0 radical (unpaired) electrons. The van der Waals surface area contributed by atoms with Crippen LogP contribution in [0.3, 0.4) is 0 Å². The number of carbonyl (C=O) groups excluding carboxylic acids is 1. The molecule has 0 bridgehead atoms. The van der Waals surface area contributed by atoms with Crippen molar-refractivity contribution < 1.29 is 19.4 Å². The molecular weight excluding hydrogens is 200 g/mol. The van der Waals surface area contributed by atoms with Crippen molar-refractivity contribution in [1.82, 2.24) is 10.2 Å². The van der Waals surface area contributed by atoms with Gasteiger partial charge in [-0.25, -0.2) is 4.79 Å². The summed E-state index contributed by atoms with van der Waals surface area (Å²) in [7, 11) is 3.18. The number of methoxy groups -OCH3 is 1. The lowest BCUT2D eigenvalue weighted by Gasteiger charge is -2.18. The highest BCUT2D eigenvalue weighted by molar-refractivity contribution is 5.75. The van der Waals surface area contributed by atoms with E-state index < -0.39 is 11.9 Å². The minimum absolute atomic E-state index is 0.130. The predicted molar refractivity (Wildman–Crippen MR) is 54.7 cm³/mol. The molecule has 0 fully saturated rings. The zero-order chi connectivity index (χ0) is 11.8. The molecule has 1 atom stereocenters. The molecule has 0 aliphatic rings. The van der Waals surface area contributed by atoms with Crippen molar-refractivity contribution in [1.29, 1.82) is 0 Å². The summed E-state index contributed by atoms with van der Waals surface area (Å²) < 4.78 is 4.81. The number of carboxylic acids is 1. The van der Waals surface area contributed by atoms with Gasteiger partial charge in [0.15, 0.2) is 0 Å². The maximum atomic E-state index is 11.3. The monoisotopic (exact) mass is 218 g/mol. The third-order valence-electron chi connectivity index (χ3n) is 1.96. The lowest BCUT2D eigenvalue weighted by molar-refractivity contribution is -0.140. The van der Waals surface area contributed by atoms with Crippen molar-refractivity contribution in [2.45, 2.75) is 6.92 Å². The van der Waals surface area contributed by atoms with Crippen molar-refractivity contribution >= 4 is 12.0 Å². The number of hydrogen-bond acceptors (Lipinski definition) is 3. The van der Waals surface area contributed by atoms with Crippen LogP contribution in [0.15, 0.2) is 0 Å². The van der Waals surface area contributed by atoms with Crippen LogP contribution in [0.1, 0.15) is 6.92 Å². The SMILES string of the molecule is COCCN(C)C(=O)NCC(C)C(=O)O. The van der Waals surface area contributed by atoms with Crippen molar-refractivity contribution in [3.63, 3.8) is 0 Å². The van der Waals surface area contributed by atoms with Gasteiger partial charge in [-0.05, 0) is 0 Å². The molecule has 0 aromatic rings. The fraction of sp³-hybridized carbons (Fsp3) is 0.778. The van der Waals surface area contributed by atoms with Gasteiger partial charge in [0.05, 0.1) is 12.5 Å². The summed E-state index contributed by atoms with van der Waals surface area (Å²) in [5.41, 5.74) is 0. The van der Waals surface area contributed by atoms with Crippen molar-refractivity contribution in [3.05, 3.63) is 0 Å². The summed E-state index contributed by atoms with van der Waals surface area (Å²) in [6, 6.07) is -0.292. The summed E-state index contributed by atoms with van der Waals surface area (Å²) in [4.78, 5) is 23.3. The Labute approximate surface area is 89.2 Å². The Morgan fingerprint density at radius 2 is 2.13 bits per heavy atom. The zero-order valence-corrected chi connectivity index (χ0v) is 9.32. The number of rotatable bonds is 6. The molecule has 0 spiro atoms. The van der Waals surface area contributed by atoms with Crippen LogP contribution in [-0.2, 0) is 9.53 Å². The quantitative estimate of drug-likeness (QED) is 0.657. The maximum Gasteiger partial charge on any atom is 0.317 e. The van der Waals surface area contributed by atoms with E-state index in [1.54, 1.807) is 14.2 Å². The van der Waals surface area contributed by atoms with Gasteiger partial charge in [0.2, 0.25) is 0 Å². The number of carbonyl (C=O) groups is 2. The Morgan fingerprint density at radius 1 is 1.53 bits per heavy atom. The second-order valence-electron chi connectivity index (χ2n) is 3.34. The van der Waals surface area contributed by atoms with Gasteiger partial charge in [-0.1, -0.05) is 6.92 Å². The molecule has 0 saturated carbocycles. The van der Waals surface area contributed by atoms with Crippen molar-refractivity contribution in [3.8, 4) is 0 Å². The Morgan fingerprint density at radius 3 is 2.60 bits per heavy atom. The van der Waals surface area contributed by atoms with E-state index >= 15 is 0 Å². The van der Waals surface area contributed by atoms with Gasteiger partial charge < -0.3 is 20.1 Å². The van der Waals surface area contributed by atoms with E-state index in [1.165, 1.54) is 11.8 Å². The second kappa shape index (κ2) is 7.05. The van der Waals surface area contributed by atoms with Crippen LogP contribution in [-0.4, -0.2) is 55.9 Å². The highest BCUT2D eigenvalue weighted by Gasteiger charge is 2.13. The Bertz CT molecular complexity index is 220. The molecule has 0 aromatic heterocycles. The van der Waals surface area contributed by atoms with Gasteiger partial charge in [-0.2, -0.15) is 0 Å². The van der Waals surface area contributed by atoms with Crippen molar-refractivity contribution in [2.75, 3.05) is 33.9 Å². The van der Waals surface area contributed by atoms with Crippen LogP contribution in [0, 0.1) is 5.92 Å². The Hall–Kier alpha value is -1.30. The molecule has 6 heteroatoms. The maximum absolute atomic E-state index is 11.3. The molecule has 0 aromatic carbocycles. The standard InChI is InChI=1S/C9H18N2O4/c1-7(8(12)13)6-10-9(14)11(2)4-5-15-3/h7H,4-6H2,1-3H3,(H,10,14)(H,12,13). The highest BCUT2D eigenvalue weighted by Crippen LogP contribution is 1.92. The van der Waals surface area contributed by atoms with Gasteiger partial charge in [-0.3, -0.25) is 4.79 Å². The number of nitrogens with one attached hydrogen (secondary N) is 1. The summed E-state index contributed by atoms with van der Waals surface area (Å²) in [6.07, 6.45) is 0. The molecule has 2 amide bonds. The van der Waals surface area contributed by atoms with E-state index in [0.29, 0.717) is 13.2 Å². The normalized spacial score (nSPS) is 11.9. The van der Waals surface area contributed by atoms with Crippen LogP contribution < -0.4 is 5.32 Å². The van der Waals surface area contributed by atoms with E-state index in [4.69, 9.17) is 9.84 Å². The number of ether oxygens (including phenoxy) is 1. The number of hydrogen-bond donors (Lipinski definition) is 2. The van der Waals surface area contributed by atoms with E-state index in [9.17, 15) is 9.59 Å². The fourth-order valence-corrected chi connectivity index (χ4v) is 0.792. The van der Waals surface area contributed by atoms with Gasteiger partial charge >= 0.3 is 12.0 Å². The lowest BCUT2D eigenvalue weighted by Crippen LogP contribution is -2.41. The summed E-state index contributed by atoms with van der Waals surface area (Å²) in [6.45, 7) is 2.60. The van der Waals surface area contributed by atoms with Gasteiger partial charge in [0, 0.05) is 27.2 Å². The summed E-state index contributed by atoms with van der Waals surface area (Å²) in [5, 5.41) is 11.1. The van der Waals surface area contributed by atoms with Crippen LogP contribution in [0.25, 0.3) is 0 Å². The molecule has 0 aliphatic heterocycles. The fourth-order valence-electron chi connectivity index (χ4n) is 0.792. The van der Waals surface area contributed by atoms with Crippen LogP contribution >= 0.6 is 0 Å². The molecule has 15 heavy (non-hydrogen) atoms. The van der Waals surface area contributed by atoms with E-state index in [1.807, 2.05) is 0 Å². The Balaban J connectivity index is 3.77. The first-order valence-electron chi connectivity index (χ1n) is 4.69. The first kappa shape index (κ1) is 13.7. The van der Waals surface area contributed by atoms with Crippen LogP contribution in [0.4, 0.5) is 4.79 Å². The first-order valence-corrected chi connectivity index (χ1v) is 4.69. The number of amides is 2. The Kier molecular flexibility index (Phi) is 6.44. The third-order valence-corrected chi connectivity index (χ3v) is 1.96. The lowest BCUT2D eigenvalue weighted by atomic mass is 10.2. The third kappa shape index (κ3) is 5.90. The number of aliphatic carboxylic acids is 1. The van der Waals surface area contributed by atoms with Gasteiger partial charge in [0.25, 0.3) is 0 Å². The summed E-state index contributed by atoms with van der Waals surface area (Å²) in [5.74, 6) is -1.50. The molecule has 0 saturated heterocycles. The molecule has 88 valence electrons. The number of nitrogens with zero attached hydrogens (tertiary/aromatic N) is 1. The molecule has 0 aliphatic carbocycles. The minimum atomic E-state index is -0.921.